The Hall–Kier alpha value is -1.73. The second-order valence-corrected chi connectivity index (χ2v) is 6.66. The number of para-hydroxylation sites is 1. The summed E-state index contributed by atoms with van der Waals surface area (Å²) >= 11 is 3.13. The molecule has 5 nitrogen and oxygen atoms in total. The van der Waals surface area contributed by atoms with Crippen molar-refractivity contribution in [3.05, 3.63) is 35.3 Å². The van der Waals surface area contributed by atoms with Crippen LogP contribution in [0, 0.1) is 6.92 Å². The van der Waals surface area contributed by atoms with E-state index in [2.05, 4.69) is 15.3 Å². The van der Waals surface area contributed by atoms with Crippen LogP contribution >= 0.6 is 23.1 Å². The van der Waals surface area contributed by atoms with E-state index in [-0.39, 0.29) is 5.91 Å². The number of rotatable bonds is 4. The van der Waals surface area contributed by atoms with Crippen LogP contribution in [0.2, 0.25) is 0 Å². The minimum atomic E-state index is 0.0141. The summed E-state index contributed by atoms with van der Waals surface area (Å²) < 4.78 is 0.913. The molecule has 0 fully saturated rings. The summed E-state index contributed by atoms with van der Waals surface area (Å²) in [5.41, 5.74) is 1.68. The van der Waals surface area contributed by atoms with Gasteiger partial charge in [-0.15, -0.1) is 10.2 Å². The van der Waals surface area contributed by atoms with Crippen molar-refractivity contribution in [2.24, 2.45) is 5.10 Å². The maximum atomic E-state index is 12.0. The van der Waals surface area contributed by atoms with Crippen molar-refractivity contribution in [2.75, 3.05) is 10.8 Å². The van der Waals surface area contributed by atoms with E-state index in [0.29, 0.717) is 12.2 Å². The van der Waals surface area contributed by atoms with Crippen LogP contribution in [0.1, 0.15) is 11.4 Å². The molecule has 0 bridgehead atoms. The van der Waals surface area contributed by atoms with Crippen molar-refractivity contribution < 1.29 is 4.79 Å². The van der Waals surface area contributed by atoms with Gasteiger partial charge in [-0.3, -0.25) is 4.79 Å². The SMILES string of the molecule is Cc1nnc(SCC2=NN(c3ccccc3)C(=O)C2)s1. The van der Waals surface area contributed by atoms with Gasteiger partial charge in [-0.2, -0.15) is 5.10 Å². The minimum absolute atomic E-state index is 0.0141. The lowest BCUT2D eigenvalue weighted by molar-refractivity contribution is -0.116. The number of aryl methyl sites for hydroxylation is 1. The lowest BCUT2D eigenvalue weighted by Gasteiger charge is -2.10. The summed E-state index contributed by atoms with van der Waals surface area (Å²) in [6.07, 6.45) is 0.375. The molecule has 0 aliphatic carbocycles. The molecule has 1 aromatic carbocycles. The zero-order chi connectivity index (χ0) is 13.9. The van der Waals surface area contributed by atoms with Crippen LogP contribution in [0.25, 0.3) is 0 Å². The van der Waals surface area contributed by atoms with E-state index < -0.39 is 0 Å². The van der Waals surface area contributed by atoms with Crippen molar-refractivity contribution >= 4 is 40.4 Å². The molecule has 1 aliphatic heterocycles. The lowest BCUT2D eigenvalue weighted by atomic mass is 10.3. The fourth-order valence-corrected chi connectivity index (χ4v) is 3.55. The van der Waals surface area contributed by atoms with Crippen LogP contribution in [0.15, 0.2) is 39.8 Å². The van der Waals surface area contributed by atoms with E-state index in [4.69, 9.17) is 0 Å². The van der Waals surface area contributed by atoms with Crippen molar-refractivity contribution in [1.29, 1.82) is 0 Å². The largest absolute Gasteiger partial charge is 0.272 e. The molecular formula is C13H12N4OS2. The number of carbonyl (C=O) groups is 1. The van der Waals surface area contributed by atoms with Crippen LogP contribution < -0.4 is 5.01 Å². The smallest absolute Gasteiger partial charge is 0.253 e. The monoisotopic (exact) mass is 304 g/mol. The van der Waals surface area contributed by atoms with Crippen molar-refractivity contribution in [1.82, 2.24) is 10.2 Å². The lowest BCUT2D eigenvalue weighted by Crippen LogP contribution is -2.19. The Morgan fingerprint density at radius 2 is 2.10 bits per heavy atom. The molecule has 102 valence electrons. The number of hydrazone groups is 1. The molecular weight excluding hydrogens is 292 g/mol. The molecule has 0 saturated heterocycles. The number of amides is 1. The quantitative estimate of drug-likeness (QED) is 0.815. The predicted molar refractivity (Wildman–Crippen MR) is 81.4 cm³/mol. The van der Waals surface area contributed by atoms with Crippen LogP contribution in [0.5, 0.6) is 0 Å². The molecule has 0 N–H and O–H groups in total. The molecule has 1 amide bonds. The zero-order valence-corrected chi connectivity index (χ0v) is 12.4. The fourth-order valence-electron chi connectivity index (χ4n) is 1.81. The molecule has 1 aromatic heterocycles. The Kier molecular flexibility index (Phi) is 3.79. The summed E-state index contributed by atoms with van der Waals surface area (Å²) in [6, 6.07) is 9.48. The first-order chi connectivity index (χ1) is 9.72. The van der Waals surface area contributed by atoms with Crippen LogP contribution in [-0.4, -0.2) is 27.6 Å². The van der Waals surface area contributed by atoms with E-state index >= 15 is 0 Å². The van der Waals surface area contributed by atoms with Crippen molar-refractivity contribution in [3.63, 3.8) is 0 Å². The molecule has 3 rings (SSSR count). The molecule has 1 aliphatic rings. The van der Waals surface area contributed by atoms with Gasteiger partial charge in [-0.05, 0) is 19.1 Å². The Balaban J connectivity index is 1.68. The Morgan fingerprint density at radius 1 is 1.30 bits per heavy atom. The average molecular weight is 304 g/mol. The third kappa shape index (κ3) is 2.88. The highest BCUT2D eigenvalue weighted by Gasteiger charge is 2.25. The molecule has 0 radical (unpaired) electrons. The van der Waals surface area contributed by atoms with Gasteiger partial charge in [0.05, 0.1) is 17.8 Å². The summed E-state index contributed by atoms with van der Waals surface area (Å²) in [4.78, 5) is 12.0. The van der Waals surface area contributed by atoms with Crippen LogP contribution in [-0.2, 0) is 4.79 Å². The van der Waals surface area contributed by atoms with Gasteiger partial charge in [0, 0.05) is 5.75 Å². The van der Waals surface area contributed by atoms with Gasteiger partial charge in [-0.1, -0.05) is 41.3 Å². The minimum Gasteiger partial charge on any atom is -0.272 e. The molecule has 0 spiro atoms. The van der Waals surface area contributed by atoms with Gasteiger partial charge in [0.1, 0.15) is 5.01 Å². The molecule has 2 aromatic rings. The van der Waals surface area contributed by atoms with Gasteiger partial charge in [0.15, 0.2) is 4.34 Å². The van der Waals surface area contributed by atoms with Gasteiger partial charge in [0.25, 0.3) is 5.91 Å². The number of benzene rings is 1. The molecule has 20 heavy (non-hydrogen) atoms. The van der Waals surface area contributed by atoms with Gasteiger partial charge in [0.2, 0.25) is 0 Å². The van der Waals surface area contributed by atoms with Crippen molar-refractivity contribution in [3.8, 4) is 0 Å². The van der Waals surface area contributed by atoms with Gasteiger partial charge >= 0.3 is 0 Å². The molecule has 0 atom stereocenters. The molecule has 0 unspecified atom stereocenters. The fraction of sp³-hybridized carbons (Fsp3) is 0.231. The second kappa shape index (κ2) is 5.72. The Morgan fingerprint density at radius 3 is 2.80 bits per heavy atom. The maximum Gasteiger partial charge on any atom is 0.253 e. The summed E-state index contributed by atoms with van der Waals surface area (Å²) in [7, 11) is 0. The highest BCUT2D eigenvalue weighted by molar-refractivity contribution is 8.01. The van der Waals surface area contributed by atoms with Crippen LogP contribution in [0.4, 0.5) is 5.69 Å². The van der Waals surface area contributed by atoms with E-state index in [0.717, 1.165) is 20.7 Å². The standard InChI is InChI=1S/C13H12N4OS2/c1-9-14-15-13(20-9)19-8-10-7-12(18)17(16-10)11-5-3-2-4-6-11/h2-6H,7-8H2,1H3. The number of hydrogen-bond acceptors (Lipinski definition) is 6. The number of nitrogens with zero attached hydrogens (tertiary/aromatic N) is 4. The molecule has 2 heterocycles. The Labute approximate surface area is 124 Å². The first-order valence-corrected chi connectivity index (χ1v) is 7.90. The average Bonchev–Trinajstić information content (AvgIpc) is 3.03. The number of aromatic nitrogens is 2. The number of anilines is 1. The maximum absolute atomic E-state index is 12.0. The number of hydrogen-bond donors (Lipinski definition) is 0. The topological polar surface area (TPSA) is 58.5 Å². The summed E-state index contributed by atoms with van der Waals surface area (Å²) in [5, 5.41) is 14.8. The number of thioether (sulfide) groups is 1. The third-order valence-corrected chi connectivity index (χ3v) is 4.75. The van der Waals surface area contributed by atoms with Gasteiger partial charge in [-0.25, -0.2) is 5.01 Å². The van der Waals surface area contributed by atoms with E-state index in [1.54, 1.807) is 23.1 Å². The first kappa shape index (κ1) is 13.3. The van der Waals surface area contributed by atoms with E-state index in [1.807, 2.05) is 37.3 Å². The highest BCUT2D eigenvalue weighted by Crippen LogP contribution is 2.25. The third-order valence-electron chi connectivity index (χ3n) is 2.70. The predicted octanol–water partition coefficient (Wildman–Crippen LogP) is 2.73. The van der Waals surface area contributed by atoms with Crippen LogP contribution in [0.3, 0.4) is 0 Å². The second-order valence-electron chi connectivity index (χ2n) is 4.26. The van der Waals surface area contributed by atoms with Gasteiger partial charge < -0.3 is 0 Å². The van der Waals surface area contributed by atoms with E-state index in [9.17, 15) is 4.79 Å². The normalized spacial score (nSPS) is 14.8. The summed E-state index contributed by atoms with van der Waals surface area (Å²) in [5.74, 6) is 0.684. The zero-order valence-electron chi connectivity index (χ0n) is 10.8. The Bertz CT molecular complexity index is 653. The van der Waals surface area contributed by atoms with E-state index in [1.165, 1.54) is 5.01 Å². The molecule has 7 heteroatoms. The highest BCUT2D eigenvalue weighted by atomic mass is 32.2. The van der Waals surface area contributed by atoms with Crippen molar-refractivity contribution in [2.45, 2.75) is 17.7 Å². The molecule has 0 saturated carbocycles. The summed E-state index contributed by atoms with van der Waals surface area (Å²) in [6.45, 7) is 1.93. The first-order valence-electron chi connectivity index (χ1n) is 6.09. The number of carbonyl (C=O) groups excluding carboxylic acids is 1.